The molecule has 0 aromatic carbocycles. The summed E-state index contributed by atoms with van der Waals surface area (Å²) in [4.78, 5) is 72.8. The van der Waals surface area contributed by atoms with E-state index in [4.69, 9.17) is 37.0 Å². The maximum atomic E-state index is 13.1. The Morgan fingerprint density at radius 1 is 0.278 bits per heavy atom. The van der Waals surface area contributed by atoms with Crippen LogP contribution < -0.4 is 0 Å². The SMILES string of the molecule is CCCCCCCCCCCCCCCCCCCCCCCCC(=O)O[C@H](COC(=O)CCCCCCCCCCCCCCCC)COP(=O)(O)OC[C@@H](O)COP(=O)(O)OC[C@@H](COC(=O)CCCCCCCCC(C)C)OC(=O)CCCCCCCCCCCCCC. The summed E-state index contributed by atoms with van der Waals surface area (Å²) in [6.45, 7) is 7.22. The van der Waals surface area contributed by atoms with Crippen molar-refractivity contribution >= 4 is 39.5 Å². The van der Waals surface area contributed by atoms with Crippen LogP contribution in [0.1, 0.15) is 413 Å². The van der Waals surface area contributed by atoms with Crippen molar-refractivity contribution in [2.24, 2.45) is 5.92 Å². The van der Waals surface area contributed by atoms with E-state index in [0.29, 0.717) is 31.6 Å². The molecule has 19 heteroatoms. The van der Waals surface area contributed by atoms with E-state index in [1.54, 1.807) is 0 Å². The zero-order chi connectivity index (χ0) is 71.2. The molecule has 0 radical (unpaired) electrons. The molecule has 0 bridgehead atoms. The summed E-state index contributed by atoms with van der Waals surface area (Å²) >= 11 is 0. The van der Waals surface area contributed by atoms with Crippen LogP contribution in [0.3, 0.4) is 0 Å². The van der Waals surface area contributed by atoms with E-state index in [0.717, 1.165) is 96.3 Å². The number of phosphoric ester groups is 2. The van der Waals surface area contributed by atoms with E-state index in [9.17, 15) is 43.2 Å². The number of hydrogen-bond donors (Lipinski definition) is 3. The van der Waals surface area contributed by atoms with E-state index in [-0.39, 0.29) is 25.7 Å². The number of ether oxygens (including phenoxy) is 4. The Labute approximate surface area is 594 Å². The normalized spacial score (nSPS) is 13.9. The fraction of sp³-hybridized carbons (Fsp3) is 0.949. The summed E-state index contributed by atoms with van der Waals surface area (Å²) in [5.41, 5.74) is 0. The lowest BCUT2D eigenvalue weighted by molar-refractivity contribution is -0.161. The lowest BCUT2D eigenvalue weighted by Gasteiger charge is -2.21. The van der Waals surface area contributed by atoms with E-state index in [1.165, 1.54) is 231 Å². The Kier molecular flexibility index (Phi) is 69.6. The smallest absolute Gasteiger partial charge is 0.462 e. The largest absolute Gasteiger partial charge is 0.472 e. The summed E-state index contributed by atoms with van der Waals surface area (Å²) in [5, 5.41) is 10.6. The summed E-state index contributed by atoms with van der Waals surface area (Å²) in [6.07, 6.45) is 61.3. The van der Waals surface area contributed by atoms with Gasteiger partial charge in [0.25, 0.3) is 0 Å². The number of unbranched alkanes of at least 4 members (excludes halogenated alkanes) is 50. The average molecular weight is 1420 g/mol. The zero-order valence-corrected chi connectivity index (χ0v) is 65.0. The second-order valence-corrected chi connectivity index (χ2v) is 31.5. The van der Waals surface area contributed by atoms with Crippen molar-refractivity contribution in [1.29, 1.82) is 0 Å². The first-order valence-electron chi connectivity index (χ1n) is 40.6. The van der Waals surface area contributed by atoms with Crippen LogP contribution in [-0.4, -0.2) is 96.7 Å². The molecular weight excluding hydrogens is 1270 g/mol. The Bertz CT molecular complexity index is 1860. The molecule has 17 nitrogen and oxygen atoms in total. The number of carbonyl (C=O) groups is 4. The molecule has 576 valence electrons. The third kappa shape index (κ3) is 72.2. The van der Waals surface area contributed by atoms with Gasteiger partial charge < -0.3 is 33.8 Å². The van der Waals surface area contributed by atoms with Crippen molar-refractivity contribution in [2.45, 2.75) is 432 Å². The number of aliphatic hydroxyl groups is 1. The molecular formula is C78H152O17P2. The van der Waals surface area contributed by atoms with Gasteiger partial charge in [-0.05, 0) is 31.6 Å². The molecule has 0 fully saturated rings. The first-order chi connectivity index (χ1) is 47.0. The van der Waals surface area contributed by atoms with E-state index in [1.807, 2.05) is 0 Å². The predicted molar refractivity (Wildman–Crippen MR) is 395 cm³/mol. The minimum Gasteiger partial charge on any atom is -0.462 e. The lowest BCUT2D eigenvalue weighted by atomic mass is 10.0. The highest BCUT2D eigenvalue weighted by Crippen LogP contribution is 2.45. The molecule has 0 aromatic rings. The Balaban J connectivity index is 5.18. The standard InChI is InChI=1S/C78H152O17P2/c1-6-9-12-15-18-21-24-27-29-30-31-32-33-34-35-36-38-41-44-47-54-59-64-78(83)94-73(67-88-75(80)61-56-51-45-42-40-37-28-25-22-19-16-13-10-7-2)69-92-96(84,85)90-65-72(79)66-91-97(86,87)93-70-74(68-89-76(81)62-57-52-49-48-50-55-60-71(4)5)95-77(82)63-58-53-46-43-39-26-23-20-17-14-11-8-3/h71-74,79H,6-70H2,1-5H3,(H,84,85)(H,86,87)/t72-,73-,74-/m1/s1. The summed E-state index contributed by atoms with van der Waals surface area (Å²) in [6, 6.07) is 0. The lowest BCUT2D eigenvalue weighted by Crippen LogP contribution is -2.30. The molecule has 0 aliphatic carbocycles. The Morgan fingerprint density at radius 2 is 0.474 bits per heavy atom. The number of carbonyl (C=O) groups excluding carboxylic acids is 4. The number of phosphoric acid groups is 2. The van der Waals surface area contributed by atoms with Gasteiger partial charge in [0.2, 0.25) is 0 Å². The second-order valence-electron chi connectivity index (χ2n) is 28.6. The van der Waals surface area contributed by atoms with Gasteiger partial charge in [-0.2, -0.15) is 0 Å². The Hall–Kier alpha value is -1.94. The number of rotatable bonds is 78. The van der Waals surface area contributed by atoms with Gasteiger partial charge in [0.1, 0.15) is 19.3 Å². The molecule has 5 atom stereocenters. The van der Waals surface area contributed by atoms with Crippen LogP contribution in [0, 0.1) is 5.92 Å². The summed E-state index contributed by atoms with van der Waals surface area (Å²) < 4.78 is 68.5. The van der Waals surface area contributed by atoms with Gasteiger partial charge in [0.15, 0.2) is 12.2 Å². The van der Waals surface area contributed by atoms with Crippen LogP contribution >= 0.6 is 15.6 Å². The van der Waals surface area contributed by atoms with Gasteiger partial charge in [-0.25, -0.2) is 9.13 Å². The van der Waals surface area contributed by atoms with Crippen molar-refractivity contribution in [3.8, 4) is 0 Å². The average Bonchev–Trinajstić information content (AvgIpc) is 1.43. The number of esters is 4. The van der Waals surface area contributed by atoms with Crippen molar-refractivity contribution in [3.05, 3.63) is 0 Å². The van der Waals surface area contributed by atoms with Gasteiger partial charge in [0.05, 0.1) is 26.4 Å². The third-order valence-corrected chi connectivity index (χ3v) is 20.2. The Morgan fingerprint density at radius 3 is 0.701 bits per heavy atom. The molecule has 0 spiro atoms. The molecule has 0 saturated heterocycles. The van der Waals surface area contributed by atoms with Crippen LogP contribution in [0.5, 0.6) is 0 Å². The van der Waals surface area contributed by atoms with Crippen LogP contribution in [0.15, 0.2) is 0 Å². The van der Waals surface area contributed by atoms with E-state index in [2.05, 4.69) is 34.6 Å². The topological polar surface area (TPSA) is 237 Å². The molecule has 0 heterocycles. The van der Waals surface area contributed by atoms with Gasteiger partial charge in [0, 0.05) is 25.7 Å². The van der Waals surface area contributed by atoms with Gasteiger partial charge in [-0.1, -0.05) is 362 Å². The van der Waals surface area contributed by atoms with E-state index < -0.39 is 97.5 Å². The highest BCUT2D eigenvalue weighted by Gasteiger charge is 2.30. The fourth-order valence-corrected chi connectivity index (χ4v) is 13.6. The minimum absolute atomic E-state index is 0.107. The quantitative estimate of drug-likeness (QED) is 0.0222. The first-order valence-corrected chi connectivity index (χ1v) is 43.6. The van der Waals surface area contributed by atoms with Crippen molar-refractivity contribution in [1.82, 2.24) is 0 Å². The molecule has 97 heavy (non-hydrogen) atoms. The van der Waals surface area contributed by atoms with Crippen LogP contribution in [0.25, 0.3) is 0 Å². The maximum absolute atomic E-state index is 13.1. The third-order valence-electron chi connectivity index (χ3n) is 18.3. The second kappa shape index (κ2) is 71.1. The first kappa shape index (κ1) is 95.1. The molecule has 0 aliphatic rings. The van der Waals surface area contributed by atoms with Gasteiger partial charge in [-0.15, -0.1) is 0 Å². The van der Waals surface area contributed by atoms with Crippen LogP contribution in [0.2, 0.25) is 0 Å². The van der Waals surface area contributed by atoms with Crippen molar-refractivity contribution in [3.63, 3.8) is 0 Å². The molecule has 0 aliphatic heterocycles. The molecule has 0 rings (SSSR count). The van der Waals surface area contributed by atoms with Crippen LogP contribution in [-0.2, 0) is 65.4 Å². The maximum Gasteiger partial charge on any atom is 0.472 e. The van der Waals surface area contributed by atoms with Gasteiger partial charge >= 0.3 is 39.5 Å². The van der Waals surface area contributed by atoms with Crippen LogP contribution in [0.4, 0.5) is 0 Å². The van der Waals surface area contributed by atoms with Crippen molar-refractivity contribution in [2.75, 3.05) is 39.6 Å². The van der Waals surface area contributed by atoms with Crippen molar-refractivity contribution < 1.29 is 80.2 Å². The fourth-order valence-electron chi connectivity index (χ4n) is 12.1. The summed E-state index contributed by atoms with van der Waals surface area (Å²) in [5.74, 6) is -1.43. The molecule has 2 unspecified atom stereocenters. The number of hydrogen-bond acceptors (Lipinski definition) is 15. The molecule has 0 amide bonds. The molecule has 3 N–H and O–H groups in total. The van der Waals surface area contributed by atoms with E-state index >= 15 is 0 Å². The summed E-state index contributed by atoms with van der Waals surface area (Å²) in [7, 11) is -9.91. The molecule has 0 saturated carbocycles. The zero-order valence-electron chi connectivity index (χ0n) is 63.2. The predicted octanol–water partition coefficient (Wildman–Crippen LogP) is 23.3. The highest BCUT2D eigenvalue weighted by molar-refractivity contribution is 7.47. The molecule has 0 aromatic heterocycles. The van der Waals surface area contributed by atoms with Gasteiger partial charge in [-0.3, -0.25) is 37.3 Å². The monoisotopic (exact) mass is 1420 g/mol. The number of aliphatic hydroxyl groups excluding tert-OH is 1. The minimum atomic E-state index is -4.96. The highest BCUT2D eigenvalue weighted by atomic mass is 31.2.